The van der Waals surface area contributed by atoms with Crippen LogP contribution in [0.15, 0.2) is 12.1 Å². The van der Waals surface area contributed by atoms with Gasteiger partial charge < -0.3 is 19.9 Å². The van der Waals surface area contributed by atoms with Gasteiger partial charge in [0, 0.05) is 12.1 Å². The Morgan fingerprint density at radius 3 is 2.56 bits per heavy atom. The Kier molecular flexibility index (Phi) is 4.70. The van der Waals surface area contributed by atoms with Crippen molar-refractivity contribution in [2.24, 2.45) is 0 Å². The number of carbonyl (C=O) groups is 1. The number of benzene rings is 1. The van der Waals surface area contributed by atoms with Crippen LogP contribution in [0.25, 0.3) is 0 Å². The number of anilines is 1. The topological polar surface area (TPSA) is 70.8 Å². The third-order valence-electron chi connectivity index (χ3n) is 2.05. The van der Waals surface area contributed by atoms with E-state index < -0.39 is 12.6 Å². The molecule has 0 saturated carbocycles. The number of ether oxygens (including phenoxy) is 3. The smallest absolute Gasteiger partial charge is 0.387 e. The molecule has 0 radical (unpaired) electrons. The zero-order valence-corrected chi connectivity index (χ0v) is 9.91. The number of rotatable bonds is 5. The first-order chi connectivity index (χ1) is 8.49. The Labute approximate surface area is 102 Å². The van der Waals surface area contributed by atoms with Crippen LogP contribution in [0.1, 0.15) is 17.3 Å². The van der Waals surface area contributed by atoms with Crippen LogP contribution in [0.5, 0.6) is 11.5 Å². The molecule has 0 aliphatic heterocycles. The van der Waals surface area contributed by atoms with Crippen LogP contribution in [-0.4, -0.2) is 26.3 Å². The van der Waals surface area contributed by atoms with Crippen LogP contribution in [0.3, 0.4) is 0 Å². The number of esters is 1. The van der Waals surface area contributed by atoms with Crippen molar-refractivity contribution in [2.45, 2.75) is 13.5 Å². The summed E-state index contributed by atoms with van der Waals surface area (Å²) in [4.78, 5) is 11.5. The van der Waals surface area contributed by atoms with Gasteiger partial charge in [-0.15, -0.1) is 0 Å². The third kappa shape index (κ3) is 3.22. The van der Waals surface area contributed by atoms with E-state index in [0.717, 1.165) is 6.07 Å². The minimum absolute atomic E-state index is 0.0208. The van der Waals surface area contributed by atoms with Crippen LogP contribution in [0.2, 0.25) is 0 Å². The van der Waals surface area contributed by atoms with Gasteiger partial charge in [-0.1, -0.05) is 0 Å². The van der Waals surface area contributed by atoms with E-state index in [0.29, 0.717) is 0 Å². The molecule has 0 atom stereocenters. The fourth-order valence-electron chi connectivity index (χ4n) is 1.31. The maximum Gasteiger partial charge on any atom is 0.387 e. The molecule has 0 aromatic heterocycles. The van der Waals surface area contributed by atoms with Crippen LogP contribution in [0, 0.1) is 0 Å². The standard InChI is InChI=1S/C11H13F2NO4/c1-3-17-10(15)6-4-8(16-2)9(5-7(6)14)18-11(12)13/h4-5,11H,3,14H2,1-2H3. The molecule has 1 rings (SSSR count). The molecule has 7 heteroatoms. The van der Waals surface area contributed by atoms with E-state index in [4.69, 9.17) is 15.2 Å². The van der Waals surface area contributed by atoms with Gasteiger partial charge >= 0.3 is 12.6 Å². The maximum absolute atomic E-state index is 12.1. The van der Waals surface area contributed by atoms with E-state index in [-0.39, 0.29) is 29.4 Å². The first-order valence-corrected chi connectivity index (χ1v) is 5.09. The zero-order valence-electron chi connectivity index (χ0n) is 9.91. The number of hydrogen-bond donors (Lipinski definition) is 1. The highest BCUT2D eigenvalue weighted by molar-refractivity contribution is 5.96. The molecule has 0 fully saturated rings. The number of nitrogen functional groups attached to an aromatic ring is 1. The normalized spacial score (nSPS) is 10.3. The van der Waals surface area contributed by atoms with Gasteiger partial charge in [-0.3, -0.25) is 0 Å². The van der Waals surface area contributed by atoms with Gasteiger partial charge in [-0.05, 0) is 6.92 Å². The molecule has 0 spiro atoms. The molecule has 2 N–H and O–H groups in total. The summed E-state index contributed by atoms with van der Waals surface area (Å²) in [7, 11) is 1.26. The fourth-order valence-corrected chi connectivity index (χ4v) is 1.31. The van der Waals surface area contributed by atoms with Crippen molar-refractivity contribution in [2.75, 3.05) is 19.5 Å². The Morgan fingerprint density at radius 2 is 2.06 bits per heavy atom. The van der Waals surface area contributed by atoms with Gasteiger partial charge in [0.05, 0.1) is 25.0 Å². The lowest BCUT2D eigenvalue weighted by molar-refractivity contribution is -0.0511. The Hall–Kier alpha value is -2.05. The first-order valence-electron chi connectivity index (χ1n) is 5.09. The molecule has 18 heavy (non-hydrogen) atoms. The summed E-state index contributed by atoms with van der Waals surface area (Å²) in [6, 6.07) is 2.29. The summed E-state index contributed by atoms with van der Waals surface area (Å²) in [6.07, 6.45) is 0. The summed E-state index contributed by atoms with van der Waals surface area (Å²) in [5.41, 5.74) is 5.58. The van der Waals surface area contributed by atoms with E-state index >= 15 is 0 Å². The first kappa shape index (κ1) is 14.0. The van der Waals surface area contributed by atoms with E-state index in [1.165, 1.54) is 13.2 Å². The second kappa shape index (κ2) is 6.04. The van der Waals surface area contributed by atoms with E-state index in [1.54, 1.807) is 6.92 Å². The molecule has 0 unspecified atom stereocenters. The molecule has 1 aromatic rings. The largest absolute Gasteiger partial charge is 0.493 e. The van der Waals surface area contributed by atoms with Gasteiger partial charge in [0.15, 0.2) is 11.5 Å². The van der Waals surface area contributed by atoms with Crippen molar-refractivity contribution in [3.63, 3.8) is 0 Å². The van der Waals surface area contributed by atoms with Crippen molar-refractivity contribution in [1.82, 2.24) is 0 Å². The average molecular weight is 261 g/mol. The number of hydrogen-bond acceptors (Lipinski definition) is 5. The number of methoxy groups -OCH3 is 1. The maximum atomic E-state index is 12.1. The zero-order chi connectivity index (χ0) is 13.7. The van der Waals surface area contributed by atoms with Crippen molar-refractivity contribution in [1.29, 1.82) is 0 Å². The lowest BCUT2D eigenvalue weighted by Crippen LogP contribution is -2.10. The predicted octanol–water partition coefficient (Wildman–Crippen LogP) is 2.06. The molecule has 1 aromatic carbocycles. The van der Waals surface area contributed by atoms with Crippen molar-refractivity contribution in [3.05, 3.63) is 17.7 Å². The second-order valence-corrected chi connectivity index (χ2v) is 3.19. The number of alkyl halides is 2. The monoisotopic (exact) mass is 261 g/mol. The Balaban J connectivity index is 3.13. The Bertz CT molecular complexity index is 437. The van der Waals surface area contributed by atoms with E-state index in [1.807, 2.05) is 0 Å². The van der Waals surface area contributed by atoms with Crippen molar-refractivity contribution < 1.29 is 27.8 Å². The molecular weight excluding hydrogens is 248 g/mol. The molecule has 0 aliphatic rings. The molecule has 0 amide bonds. The minimum atomic E-state index is -3.01. The minimum Gasteiger partial charge on any atom is -0.493 e. The molecule has 0 bridgehead atoms. The number of halogens is 2. The number of carbonyl (C=O) groups excluding carboxylic acids is 1. The molecular formula is C11H13F2NO4. The quantitative estimate of drug-likeness (QED) is 0.648. The molecule has 0 aliphatic carbocycles. The summed E-state index contributed by atoms with van der Waals surface area (Å²) in [5, 5.41) is 0. The number of nitrogens with two attached hydrogens (primary N) is 1. The van der Waals surface area contributed by atoms with Gasteiger partial charge in [-0.2, -0.15) is 8.78 Å². The lowest BCUT2D eigenvalue weighted by atomic mass is 10.1. The van der Waals surface area contributed by atoms with Gasteiger partial charge in [0.2, 0.25) is 0 Å². The fraction of sp³-hybridized carbons (Fsp3) is 0.364. The predicted molar refractivity (Wildman–Crippen MR) is 60.0 cm³/mol. The van der Waals surface area contributed by atoms with Crippen molar-refractivity contribution >= 4 is 11.7 Å². The van der Waals surface area contributed by atoms with Gasteiger partial charge in [0.1, 0.15) is 0 Å². The summed E-state index contributed by atoms with van der Waals surface area (Å²) < 4.78 is 38.1. The van der Waals surface area contributed by atoms with Crippen LogP contribution in [-0.2, 0) is 4.74 Å². The summed E-state index contributed by atoms with van der Waals surface area (Å²) >= 11 is 0. The van der Waals surface area contributed by atoms with Crippen LogP contribution in [0.4, 0.5) is 14.5 Å². The van der Waals surface area contributed by atoms with Crippen molar-refractivity contribution in [3.8, 4) is 11.5 Å². The van der Waals surface area contributed by atoms with Crippen LogP contribution >= 0.6 is 0 Å². The molecule has 0 heterocycles. The Morgan fingerprint density at radius 1 is 1.39 bits per heavy atom. The van der Waals surface area contributed by atoms with Crippen LogP contribution < -0.4 is 15.2 Å². The molecule has 100 valence electrons. The highest BCUT2D eigenvalue weighted by Gasteiger charge is 2.18. The van der Waals surface area contributed by atoms with Gasteiger partial charge in [-0.25, -0.2) is 4.79 Å². The average Bonchev–Trinajstić information content (AvgIpc) is 2.28. The molecule has 5 nitrogen and oxygen atoms in total. The summed E-state index contributed by atoms with van der Waals surface area (Å²) in [6.45, 7) is -1.19. The summed E-state index contributed by atoms with van der Waals surface area (Å²) in [5.74, 6) is -0.914. The molecule has 0 saturated heterocycles. The lowest BCUT2D eigenvalue weighted by Gasteiger charge is -2.13. The van der Waals surface area contributed by atoms with Gasteiger partial charge in [0.25, 0.3) is 0 Å². The highest BCUT2D eigenvalue weighted by Crippen LogP contribution is 2.33. The second-order valence-electron chi connectivity index (χ2n) is 3.19. The SMILES string of the molecule is CCOC(=O)c1cc(OC)c(OC(F)F)cc1N. The van der Waals surface area contributed by atoms with E-state index in [9.17, 15) is 13.6 Å². The van der Waals surface area contributed by atoms with E-state index in [2.05, 4.69) is 4.74 Å². The highest BCUT2D eigenvalue weighted by atomic mass is 19.3. The third-order valence-corrected chi connectivity index (χ3v) is 2.05.